The number of carbonyl (C=O) groups is 1. The summed E-state index contributed by atoms with van der Waals surface area (Å²) < 4.78 is 23.8. The molecule has 1 N–H and O–H groups in total. The predicted molar refractivity (Wildman–Crippen MR) is 85.6 cm³/mol. The summed E-state index contributed by atoms with van der Waals surface area (Å²) in [5.74, 6) is -0.808. The van der Waals surface area contributed by atoms with Gasteiger partial charge in [0.15, 0.2) is 6.61 Å². The van der Waals surface area contributed by atoms with E-state index in [0.29, 0.717) is 13.2 Å². The average molecular weight is 328 g/mol. The van der Waals surface area contributed by atoms with Gasteiger partial charge in [-0.3, -0.25) is 4.79 Å². The van der Waals surface area contributed by atoms with Gasteiger partial charge in [0, 0.05) is 19.7 Å². The van der Waals surface area contributed by atoms with Crippen LogP contribution in [0, 0.1) is 17.1 Å². The Morgan fingerprint density at radius 2 is 2.00 bits per heavy atom. The number of halogens is 1. The molecule has 2 aromatic rings. The van der Waals surface area contributed by atoms with E-state index in [2.05, 4.69) is 5.32 Å². The number of nitrogens with one attached hydrogen (secondary N) is 1. The monoisotopic (exact) mass is 328 g/mol. The van der Waals surface area contributed by atoms with E-state index in [1.165, 1.54) is 12.1 Å². The van der Waals surface area contributed by atoms with Crippen molar-refractivity contribution < 1.29 is 18.7 Å². The van der Waals surface area contributed by atoms with Crippen molar-refractivity contribution in [3.05, 3.63) is 65.0 Å². The summed E-state index contributed by atoms with van der Waals surface area (Å²) in [6.45, 7) is 0.578. The SMILES string of the molecule is COCc1ccccc1CNC(=O)COc1ccc(C#N)c(F)c1. The van der Waals surface area contributed by atoms with E-state index >= 15 is 0 Å². The zero-order chi connectivity index (χ0) is 17.4. The van der Waals surface area contributed by atoms with Crippen molar-refractivity contribution in [3.63, 3.8) is 0 Å². The van der Waals surface area contributed by atoms with Crippen molar-refractivity contribution in [2.75, 3.05) is 13.7 Å². The quantitative estimate of drug-likeness (QED) is 0.848. The van der Waals surface area contributed by atoms with Crippen LogP contribution in [0.5, 0.6) is 5.75 Å². The summed E-state index contributed by atoms with van der Waals surface area (Å²) in [6, 6.07) is 13.2. The first-order chi connectivity index (χ1) is 11.6. The van der Waals surface area contributed by atoms with Gasteiger partial charge in [-0.15, -0.1) is 0 Å². The highest BCUT2D eigenvalue weighted by Crippen LogP contribution is 2.16. The third-order valence-electron chi connectivity index (χ3n) is 3.33. The minimum absolute atomic E-state index is 0.0680. The standard InChI is InChI=1S/C18H17FN2O3/c1-23-11-15-5-3-2-4-14(15)10-21-18(22)12-24-16-7-6-13(9-20)17(19)8-16/h2-8H,10-12H2,1H3,(H,21,22). The fourth-order valence-electron chi connectivity index (χ4n) is 2.10. The highest BCUT2D eigenvalue weighted by atomic mass is 19.1. The molecule has 1 amide bonds. The topological polar surface area (TPSA) is 71.3 Å². The Hall–Kier alpha value is -2.91. The molecule has 6 heteroatoms. The van der Waals surface area contributed by atoms with Crippen LogP contribution >= 0.6 is 0 Å². The van der Waals surface area contributed by atoms with Crippen molar-refractivity contribution in [2.45, 2.75) is 13.2 Å². The molecule has 0 bridgehead atoms. The van der Waals surface area contributed by atoms with Gasteiger partial charge in [0.05, 0.1) is 12.2 Å². The molecule has 0 fully saturated rings. The molecule has 0 aliphatic rings. The van der Waals surface area contributed by atoms with Crippen LogP contribution in [0.15, 0.2) is 42.5 Å². The normalized spacial score (nSPS) is 10.0. The molecule has 0 heterocycles. The Morgan fingerprint density at radius 3 is 2.67 bits per heavy atom. The van der Waals surface area contributed by atoms with E-state index in [1.807, 2.05) is 24.3 Å². The summed E-state index contributed by atoms with van der Waals surface area (Å²) >= 11 is 0. The Bertz CT molecular complexity index is 756. The number of hydrogen-bond acceptors (Lipinski definition) is 4. The van der Waals surface area contributed by atoms with E-state index in [-0.39, 0.29) is 23.8 Å². The first-order valence-corrected chi connectivity index (χ1v) is 7.29. The maximum atomic E-state index is 13.4. The number of methoxy groups -OCH3 is 1. The third kappa shape index (κ3) is 4.80. The van der Waals surface area contributed by atoms with E-state index < -0.39 is 5.82 Å². The second-order valence-electron chi connectivity index (χ2n) is 5.02. The molecule has 0 unspecified atom stereocenters. The average Bonchev–Trinajstić information content (AvgIpc) is 2.59. The summed E-state index contributed by atoms with van der Waals surface area (Å²) in [4.78, 5) is 11.9. The number of nitrogens with zero attached hydrogens (tertiary/aromatic N) is 1. The largest absolute Gasteiger partial charge is 0.484 e. The van der Waals surface area contributed by atoms with Crippen LogP contribution in [-0.4, -0.2) is 19.6 Å². The molecular formula is C18H17FN2O3. The van der Waals surface area contributed by atoms with Gasteiger partial charge in [-0.25, -0.2) is 4.39 Å². The molecule has 0 aromatic heterocycles. The molecular weight excluding hydrogens is 311 g/mol. The van der Waals surface area contributed by atoms with Gasteiger partial charge >= 0.3 is 0 Å². The van der Waals surface area contributed by atoms with Gasteiger partial charge in [-0.2, -0.15) is 5.26 Å². The minimum atomic E-state index is -0.677. The lowest BCUT2D eigenvalue weighted by Crippen LogP contribution is -2.28. The summed E-state index contributed by atoms with van der Waals surface area (Å²) in [6.07, 6.45) is 0. The fraction of sp³-hybridized carbons (Fsp3) is 0.222. The van der Waals surface area contributed by atoms with Gasteiger partial charge in [-0.1, -0.05) is 24.3 Å². The van der Waals surface area contributed by atoms with Crippen LogP contribution in [0.1, 0.15) is 16.7 Å². The maximum absolute atomic E-state index is 13.4. The first-order valence-electron chi connectivity index (χ1n) is 7.29. The molecule has 0 aliphatic carbocycles. The van der Waals surface area contributed by atoms with Crippen molar-refractivity contribution in [1.82, 2.24) is 5.32 Å². The van der Waals surface area contributed by atoms with Crippen molar-refractivity contribution in [1.29, 1.82) is 5.26 Å². The summed E-state index contributed by atoms with van der Waals surface area (Å²) in [5, 5.41) is 11.4. The van der Waals surface area contributed by atoms with E-state index in [4.69, 9.17) is 14.7 Å². The number of ether oxygens (including phenoxy) is 2. The first kappa shape index (κ1) is 17.4. The van der Waals surface area contributed by atoms with E-state index in [9.17, 15) is 9.18 Å². The van der Waals surface area contributed by atoms with E-state index in [0.717, 1.165) is 17.2 Å². The van der Waals surface area contributed by atoms with E-state index in [1.54, 1.807) is 13.2 Å². The van der Waals surface area contributed by atoms with Crippen LogP contribution in [0.25, 0.3) is 0 Å². The highest BCUT2D eigenvalue weighted by molar-refractivity contribution is 5.77. The Kier molecular flexibility index (Phi) is 6.29. The lowest BCUT2D eigenvalue weighted by Gasteiger charge is -2.11. The molecule has 0 saturated heterocycles. The molecule has 0 aliphatic heterocycles. The van der Waals surface area contributed by atoms with Crippen molar-refractivity contribution in [3.8, 4) is 11.8 Å². The Balaban J connectivity index is 1.86. The molecule has 2 aromatic carbocycles. The lowest BCUT2D eigenvalue weighted by atomic mass is 10.1. The van der Waals surface area contributed by atoms with Crippen molar-refractivity contribution in [2.24, 2.45) is 0 Å². The van der Waals surface area contributed by atoms with Gasteiger partial charge in [0.1, 0.15) is 17.6 Å². The second-order valence-corrected chi connectivity index (χ2v) is 5.02. The zero-order valence-corrected chi connectivity index (χ0v) is 13.2. The Morgan fingerprint density at radius 1 is 1.25 bits per heavy atom. The molecule has 24 heavy (non-hydrogen) atoms. The van der Waals surface area contributed by atoms with Crippen LogP contribution in [0.2, 0.25) is 0 Å². The van der Waals surface area contributed by atoms with Crippen LogP contribution in [0.3, 0.4) is 0 Å². The number of rotatable bonds is 7. The van der Waals surface area contributed by atoms with Gasteiger partial charge in [-0.05, 0) is 23.3 Å². The molecule has 2 rings (SSSR count). The lowest BCUT2D eigenvalue weighted by molar-refractivity contribution is -0.123. The predicted octanol–water partition coefficient (Wildman–Crippen LogP) is 2.54. The summed E-state index contributed by atoms with van der Waals surface area (Å²) in [5.41, 5.74) is 1.88. The Labute approximate surface area is 139 Å². The molecule has 0 atom stereocenters. The smallest absolute Gasteiger partial charge is 0.258 e. The minimum Gasteiger partial charge on any atom is -0.484 e. The molecule has 0 spiro atoms. The second kappa shape index (κ2) is 8.65. The van der Waals surface area contributed by atoms with Crippen molar-refractivity contribution >= 4 is 5.91 Å². The number of carbonyl (C=O) groups excluding carboxylic acids is 1. The van der Waals surface area contributed by atoms with Crippen LogP contribution in [0.4, 0.5) is 4.39 Å². The third-order valence-corrected chi connectivity index (χ3v) is 3.33. The molecule has 0 saturated carbocycles. The highest BCUT2D eigenvalue weighted by Gasteiger charge is 2.07. The molecule has 5 nitrogen and oxygen atoms in total. The van der Waals surface area contributed by atoms with Gasteiger partial charge < -0.3 is 14.8 Å². The molecule has 124 valence electrons. The number of amides is 1. The number of nitriles is 1. The number of hydrogen-bond donors (Lipinski definition) is 1. The van der Waals surface area contributed by atoms with Gasteiger partial charge in [0.2, 0.25) is 0 Å². The van der Waals surface area contributed by atoms with Crippen LogP contribution < -0.4 is 10.1 Å². The number of benzene rings is 2. The fourth-order valence-corrected chi connectivity index (χ4v) is 2.10. The molecule has 0 radical (unpaired) electrons. The zero-order valence-electron chi connectivity index (χ0n) is 13.2. The van der Waals surface area contributed by atoms with Crippen LogP contribution in [-0.2, 0) is 22.7 Å². The van der Waals surface area contributed by atoms with Gasteiger partial charge in [0.25, 0.3) is 5.91 Å². The maximum Gasteiger partial charge on any atom is 0.258 e. The summed E-state index contributed by atoms with van der Waals surface area (Å²) in [7, 11) is 1.61.